The van der Waals surface area contributed by atoms with Crippen LogP contribution in [0, 0.1) is 12.3 Å². The van der Waals surface area contributed by atoms with E-state index >= 15 is 0 Å². The van der Waals surface area contributed by atoms with Crippen molar-refractivity contribution in [2.75, 3.05) is 23.7 Å². The lowest BCUT2D eigenvalue weighted by Gasteiger charge is -2.47. The van der Waals surface area contributed by atoms with Crippen LogP contribution < -0.4 is 15.4 Å². The summed E-state index contributed by atoms with van der Waals surface area (Å²) in [6.45, 7) is 9.70. The standard InChI is InChI=1S/C25H34ClN7OS/c1-16-19(17-7-11-28-21(27)20(17)26)22-29-12-14-33(22)23(30-16)32-13-10-25(8-5-6-9-25)18(15-32)31-35(34)24(2,3)4/h7,11-12,14,18,31H,5-6,8-10,13,15H2,1-4H3,(H2,27,28). The lowest BCUT2D eigenvalue weighted by molar-refractivity contribution is 0.174. The maximum Gasteiger partial charge on any atom is 0.211 e. The van der Waals surface area contributed by atoms with Gasteiger partial charge in [0.1, 0.15) is 16.2 Å². The number of hydrogen-bond donors (Lipinski definition) is 2. The van der Waals surface area contributed by atoms with Crippen LogP contribution >= 0.6 is 11.6 Å². The molecule has 0 amide bonds. The number of pyridine rings is 1. The zero-order valence-electron chi connectivity index (χ0n) is 20.8. The molecule has 3 N–H and O–H groups in total. The molecule has 1 saturated carbocycles. The second kappa shape index (κ2) is 9.10. The highest BCUT2D eigenvalue weighted by molar-refractivity contribution is 7.90. The summed E-state index contributed by atoms with van der Waals surface area (Å²) in [4.78, 5) is 16.1. The van der Waals surface area contributed by atoms with Gasteiger partial charge in [0, 0.05) is 54.2 Å². The molecule has 10 heteroatoms. The van der Waals surface area contributed by atoms with Crippen LogP contribution in [0.3, 0.4) is 0 Å². The van der Waals surface area contributed by atoms with E-state index in [1.54, 1.807) is 12.4 Å². The summed E-state index contributed by atoms with van der Waals surface area (Å²) in [7, 11) is 0. The van der Waals surface area contributed by atoms with Crippen molar-refractivity contribution in [3.8, 4) is 11.1 Å². The Hall–Kier alpha value is -2.07. The zero-order valence-corrected chi connectivity index (χ0v) is 22.4. The molecule has 1 aliphatic heterocycles. The number of hydrogen-bond acceptors (Lipinski definition) is 7. The first-order valence-electron chi connectivity index (χ1n) is 12.3. The van der Waals surface area contributed by atoms with Crippen LogP contribution in [0.4, 0.5) is 11.8 Å². The summed E-state index contributed by atoms with van der Waals surface area (Å²) in [5.74, 6) is 1.13. The fourth-order valence-electron chi connectivity index (χ4n) is 5.63. The van der Waals surface area contributed by atoms with Gasteiger partial charge in [0.25, 0.3) is 0 Å². The van der Waals surface area contributed by atoms with Gasteiger partial charge in [0.05, 0.1) is 16.8 Å². The van der Waals surface area contributed by atoms with E-state index < -0.39 is 11.4 Å². The number of imidazole rings is 1. The van der Waals surface area contributed by atoms with Crippen molar-refractivity contribution in [1.29, 1.82) is 0 Å². The number of rotatable bonds is 4. The highest BCUT2D eigenvalue weighted by Crippen LogP contribution is 2.47. The number of nitrogen functional groups attached to an aromatic ring is 1. The third-order valence-electron chi connectivity index (χ3n) is 7.60. The molecule has 2 unspecified atom stereocenters. The molecule has 2 fully saturated rings. The fourth-order valence-corrected chi connectivity index (χ4v) is 6.77. The third-order valence-corrected chi connectivity index (χ3v) is 9.61. The first-order chi connectivity index (χ1) is 16.6. The normalized spacial score (nSPS) is 21.2. The lowest BCUT2D eigenvalue weighted by Crippen LogP contribution is -2.60. The average Bonchev–Trinajstić information content (AvgIpc) is 3.47. The van der Waals surface area contributed by atoms with Gasteiger partial charge in [-0.1, -0.05) is 24.4 Å². The molecule has 0 radical (unpaired) electrons. The monoisotopic (exact) mass is 515 g/mol. The highest BCUT2D eigenvalue weighted by Gasteiger charge is 2.48. The maximum atomic E-state index is 13.1. The number of piperidine rings is 1. The first kappa shape index (κ1) is 24.6. The summed E-state index contributed by atoms with van der Waals surface area (Å²) in [6, 6.07) is 1.98. The van der Waals surface area contributed by atoms with Crippen LogP contribution in [0.2, 0.25) is 5.02 Å². The molecule has 5 rings (SSSR count). The number of anilines is 2. The van der Waals surface area contributed by atoms with Crippen molar-refractivity contribution in [3.63, 3.8) is 0 Å². The molecule has 188 valence electrons. The van der Waals surface area contributed by atoms with E-state index in [9.17, 15) is 4.55 Å². The van der Waals surface area contributed by atoms with Gasteiger partial charge >= 0.3 is 0 Å². The molecule has 35 heavy (non-hydrogen) atoms. The quantitative estimate of drug-likeness (QED) is 0.491. The van der Waals surface area contributed by atoms with Crippen molar-refractivity contribution < 1.29 is 4.55 Å². The summed E-state index contributed by atoms with van der Waals surface area (Å²) in [5, 5.41) is 0.408. The minimum atomic E-state index is -1.13. The number of nitrogens with two attached hydrogens (primary N) is 1. The molecule has 1 aliphatic carbocycles. The van der Waals surface area contributed by atoms with Gasteiger partial charge in [-0.05, 0) is 58.4 Å². The molecule has 2 atom stereocenters. The number of aromatic nitrogens is 4. The Kier molecular flexibility index (Phi) is 6.40. The Balaban J connectivity index is 1.53. The van der Waals surface area contributed by atoms with Gasteiger partial charge in [-0.25, -0.2) is 15.0 Å². The molecule has 8 nitrogen and oxygen atoms in total. The van der Waals surface area contributed by atoms with E-state index in [0.29, 0.717) is 5.02 Å². The summed E-state index contributed by atoms with van der Waals surface area (Å²) < 4.78 is 18.4. The van der Waals surface area contributed by atoms with Crippen LogP contribution in [0.25, 0.3) is 16.8 Å². The molecule has 0 bridgehead atoms. The molecule has 3 aromatic rings. The number of nitrogens with one attached hydrogen (secondary N) is 1. The SMILES string of the molecule is Cc1nc(N2CCC3(CCCC3)C(N[S+]([O-])C(C)(C)C)C2)n2ccnc2c1-c1ccnc(N)c1Cl. The van der Waals surface area contributed by atoms with E-state index in [0.717, 1.165) is 47.9 Å². The lowest BCUT2D eigenvalue weighted by atomic mass is 9.73. The van der Waals surface area contributed by atoms with Crippen LogP contribution in [0.1, 0.15) is 58.6 Å². The third kappa shape index (κ3) is 4.37. The predicted octanol–water partition coefficient (Wildman–Crippen LogP) is 4.53. The van der Waals surface area contributed by atoms with E-state index in [1.807, 2.05) is 44.4 Å². The zero-order chi connectivity index (χ0) is 25.0. The number of halogens is 1. The summed E-state index contributed by atoms with van der Waals surface area (Å²) in [5.41, 5.74) is 9.42. The Morgan fingerprint density at radius 3 is 2.66 bits per heavy atom. The predicted molar refractivity (Wildman–Crippen MR) is 143 cm³/mol. The number of nitrogens with zero attached hydrogens (tertiary/aromatic N) is 5. The van der Waals surface area contributed by atoms with Crippen LogP contribution in [-0.4, -0.2) is 47.8 Å². The van der Waals surface area contributed by atoms with Gasteiger partial charge in [-0.2, -0.15) is 0 Å². The van der Waals surface area contributed by atoms with Crippen LogP contribution in [0.5, 0.6) is 0 Å². The Labute approximate surface area is 215 Å². The van der Waals surface area contributed by atoms with E-state index in [1.165, 1.54) is 25.7 Å². The van der Waals surface area contributed by atoms with Crippen molar-refractivity contribution >= 4 is 40.4 Å². The summed E-state index contributed by atoms with van der Waals surface area (Å²) >= 11 is 5.40. The van der Waals surface area contributed by atoms with E-state index in [4.69, 9.17) is 22.3 Å². The van der Waals surface area contributed by atoms with Crippen LogP contribution in [-0.2, 0) is 11.4 Å². The van der Waals surface area contributed by atoms with E-state index in [2.05, 4.69) is 19.6 Å². The molecular weight excluding hydrogens is 482 g/mol. The van der Waals surface area contributed by atoms with Gasteiger partial charge in [0.2, 0.25) is 5.95 Å². The smallest absolute Gasteiger partial charge is 0.211 e. The van der Waals surface area contributed by atoms with Crippen molar-refractivity contribution in [1.82, 2.24) is 24.1 Å². The van der Waals surface area contributed by atoms with Crippen molar-refractivity contribution in [3.05, 3.63) is 35.4 Å². The van der Waals surface area contributed by atoms with Gasteiger partial charge in [0.15, 0.2) is 0 Å². The average molecular weight is 516 g/mol. The van der Waals surface area contributed by atoms with Crippen molar-refractivity contribution in [2.45, 2.75) is 70.6 Å². The van der Waals surface area contributed by atoms with Crippen molar-refractivity contribution in [2.24, 2.45) is 5.41 Å². The van der Waals surface area contributed by atoms with Gasteiger partial charge < -0.3 is 15.2 Å². The second-order valence-corrected chi connectivity index (χ2v) is 13.2. The molecule has 1 spiro atoms. The van der Waals surface area contributed by atoms with Gasteiger partial charge in [-0.3, -0.25) is 4.40 Å². The Bertz CT molecular complexity index is 1230. The second-order valence-electron chi connectivity index (χ2n) is 10.9. The molecule has 0 aromatic carbocycles. The Morgan fingerprint density at radius 2 is 1.94 bits per heavy atom. The van der Waals surface area contributed by atoms with Crippen LogP contribution in [0.15, 0.2) is 24.7 Å². The fraction of sp³-hybridized carbons (Fsp3) is 0.560. The largest absolute Gasteiger partial charge is 0.598 e. The minimum Gasteiger partial charge on any atom is -0.598 e. The molecule has 4 heterocycles. The topological polar surface area (TPSA) is 107 Å². The molecular formula is C25H34ClN7OS. The molecule has 2 aliphatic rings. The number of fused-ring (bicyclic) bond motifs is 1. The minimum absolute atomic E-state index is 0.133. The molecule has 1 saturated heterocycles. The maximum absolute atomic E-state index is 13.1. The highest BCUT2D eigenvalue weighted by atomic mass is 35.5. The van der Waals surface area contributed by atoms with Gasteiger partial charge in [-0.15, -0.1) is 4.72 Å². The first-order valence-corrected chi connectivity index (χ1v) is 13.8. The number of aryl methyl sites for hydroxylation is 1. The molecule has 3 aromatic heterocycles. The summed E-state index contributed by atoms with van der Waals surface area (Å²) in [6.07, 6.45) is 11.3. The Morgan fingerprint density at radius 1 is 1.20 bits per heavy atom. The van der Waals surface area contributed by atoms with E-state index in [-0.39, 0.29) is 22.0 Å².